The number of morpholine rings is 1. The zero-order valence-electron chi connectivity index (χ0n) is 14.8. The lowest BCUT2D eigenvalue weighted by atomic mass is 9.99. The van der Waals surface area contributed by atoms with E-state index in [1.54, 1.807) is 12.1 Å². The van der Waals surface area contributed by atoms with Crippen LogP contribution in [0.25, 0.3) is 0 Å². The minimum absolute atomic E-state index is 0.0440. The lowest BCUT2D eigenvalue weighted by Crippen LogP contribution is -2.40. The highest BCUT2D eigenvalue weighted by Crippen LogP contribution is 2.27. The number of benzene rings is 2. The molecule has 4 heteroatoms. The fourth-order valence-electron chi connectivity index (χ4n) is 3.37. The van der Waals surface area contributed by atoms with Crippen LogP contribution in [-0.4, -0.2) is 36.2 Å². The van der Waals surface area contributed by atoms with Crippen molar-refractivity contribution in [2.24, 2.45) is 0 Å². The monoisotopic (exact) mass is 336 g/mol. The van der Waals surface area contributed by atoms with Crippen LogP contribution in [0, 0.1) is 25.2 Å². The molecule has 1 saturated heterocycles. The molecule has 0 amide bonds. The zero-order chi connectivity index (χ0) is 17.8. The molecule has 1 fully saturated rings. The predicted octanol–water partition coefficient (Wildman–Crippen LogP) is 3.28. The molecule has 0 saturated carbocycles. The minimum Gasteiger partial charge on any atom is -0.387 e. The van der Waals surface area contributed by atoms with Gasteiger partial charge in [0.15, 0.2) is 0 Å². The predicted molar refractivity (Wildman–Crippen MR) is 97.2 cm³/mol. The van der Waals surface area contributed by atoms with E-state index in [2.05, 4.69) is 43.0 Å². The van der Waals surface area contributed by atoms with Gasteiger partial charge in [-0.2, -0.15) is 5.26 Å². The van der Waals surface area contributed by atoms with E-state index in [0.29, 0.717) is 18.7 Å². The van der Waals surface area contributed by atoms with Crippen LogP contribution in [0.2, 0.25) is 0 Å². The molecule has 1 aliphatic heterocycles. The topological polar surface area (TPSA) is 56.5 Å². The summed E-state index contributed by atoms with van der Waals surface area (Å²) in [5.41, 5.74) is 5.18. The smallest absolute Gasteiger partial charge is 0.0991 e. The van der Waals surface area contributed by atoms with Gasteiger partial charge in [-0.25, -0.2) is 0 Å². The Labute approximate surface area is 149 Å². The standard InChI is InChI=1S/C21H24N2O2/c1-15-3-8-19(16(2)11-15)21-14-23(9-10-25-21)13-20(24)18-6-4-17(12-22)5-7-18/h3-8,11,20-21,24H,9-10,13-14H2,1-2H3. The largest absolute Gasteiger partial charge is 0.387 e. The Morgan fingerprint density at radius 2 is 2.00 bits per heavy atom. The average molecular weight is 336 g/mol. The van der Waals surface area contributed by atoms with Crippen LogP contribution < -0.4 is 0 Å². The van der Waals surface area contributed by atoms with Crippen molar-refractivity contribution in [1.29, 1.82) is 5.26 Å². The Hall–Kier alpha value is -2.19. The van der Waals surface area contributed by atoms with Crippen LogP contribution in [0.3, 0.4) is 0 Å². The summed E-state index contributed by atoms with van der Waals surface area (Å²) < 4.78 is 5.97. The molecule has 1 heterocycles. The first kappa shape index (κ1) is 17.6. The van der Waals surface area contributed by atoms with Gasteiger partial charge in [-0.3, -0.25) is 4.90 Å². The molecule has 2 atom stereocenters. The lowest BCUT2D eigenvalue weighted by Gasteiger charge is -2.35. The second-order valence-corrected chi connectivity index (χ2v) is 6.73. The summed E-state index contributed by atoms with van der Waals surface area (Å²) >= 11 is 0. The molecular weight excluding hydrogens is 312 g/mol. The Balaban J connectivity index is 1.65. The van der Waals surface area contributed by atoms with Gasteiger partial charge in [-0.15, -0.1) is 0 Å². The molecule has 130 valence electrons. The van der Waals surface area contributed by atoms with E-state index in [1.807, 2.05) is 12.1 Å². The van der Waals surface area contributed by atoms with Crippen molar-refractivity contribution in [3.05, 3.63) is 70.3 Å². The lowest BCUT2D eigenvalue weighted by molar-refractivity contribution is -0.0426. The van der Waals surface area contributed by atoms with Crippen molar-refractivity contribution >= 4 is 0 Å². The summed E-state index contributed by atoms with van der Waals surface area (Å²) in [6.45, 7) is 7.04. The first-order chi connectivity index (χ1) is 12.1. The summed E-state index contributed by atoms with van der Waals surface area (Å²) in [6, 6.07) is 15.7. The summed E-state index contributed by atoms with van der Waals surface area (Å²) in [5.74, 6) is 0. The second kappa shape index (κ2) is 7.79. The van der Waals surface area contributed by atoms with Crippen LogP contribution in [0.15, 0.2) is 42.5 Å². The quantitative estimate of drug-likeness (QED) is 0.931. The van der Waals surface area contributed by atoms with E-state index in [1.165, 1.54) is 16.7 Å². The highest BCUT2D eigenvalue weighted by atomic mass is 16.5. The molecule has 2 aromatic rings. The first-order valence-corrected chi connectivity index (χ1v) is 8.66. The Bertz CT molecular complexity index is 764. The van der Waals surface area contributed by atoms with Gasteiger partial charge in [-0.1, -0.05) is 35.9 Å². The molecule has 4 nitrogen and oxygen atoms in total. The fourth-order valence-corrected chi connectivity index (χ4v) is 3.37. The molecule has 1 aliphatic rings. The van der Waals surface area contributed by atoms with Crippen LogP contribution >= 0.6 is 0 Å². The number of β-amino-alcohol motifs (C(OH)–C–C–N with tert-alkyl or cyclic N) is 1. The molecule has 25 heavy (non-hydrogen) atoms. The molecular formula is C21H24N2O2. The van der Waals surface area contributed by atoms with Crippen molar-refractivity contribution in [3.63, 3.8) is 0 Å². The number of aliphatic hydroxyl groups is 1. The summed E-state index contributed by atoms with van der Waals surface area (Å²) in [5, 5.41) is 19.4. The van der Waals surface area contributed by atoms with E-state index in [9.17, 15) is 5.11 Å². The number of ether oxygens (including phenoxy) is 1. The van der Waals surface area contributed by atoms with Crippen LogP contribution in [-0.2, 0) is 4.74 Å². The zero-order valence-corrected chi connectivity index (χ0v) is 14.8. The number of nitriles is 1. The summed E-state index contributed by atoms with van der Waals surface area (Å²) in [4.78, 5) is 2.25. The molecule has 1 N–H and O–H groups in total. The van der Waals surface area contributed by atoms with Gasteiger partial charge in [0.2, 0.25) is 0 Å². The minimum atomic E-state index is -0.564. The summed E-state index contributed by atoms with van der Waals surface area (Å²) in [7, 11) is 0. The van der Waals surface area contributed by atoms with Crippen LogP contribution in [0.4, 0.5) is 0 Å². The molecule has 3 rings (SSSR count). The number of hydrogen-bond donors (Lipinski definition) is 1. The maximum Gasteiger partial charge on any atom is 0.0991 e. The molecule has 0 aliphatic carbocycles. The maximum absolute atomic E-state index is 10.5. The van der Waals surface area contributed by atoms with Gasteiger partial charge >= 0.3 is 0 Å². The van der Waals surface area contributed by atoms with Crippen molar-refractivity contribution in [3.8, 4) is 6.07 Å². The number of aryl methyl sites for hydroxylation is 2. The van der Waals surface area contributed by atoms with E-state index in [-0.39, 0.29) is 6.10 Å². The summed E-state index contributed by atoms with van der Waals surface area (Å²) in [6.07, 6.45) is -0.520. The van der Waals surface area contributed by atoms with E-state index in [0.717, 1.165) is 18.7 Å². The van der Waals surface area contributed by atoms with Gasteiger partial charge in [0, 0.05) is 19.6 Å². The molecule has 2 unspecified atom stereocenters. The maximum atomic E-state index is 10.5. The number of rotatable bonds is 4. The van der Waals surface area contributed by atoms with Crippen LogP contribution in [0.5, 0.6) is 0 Å². The van der Waals surface area contributed by atoms with Crippen molar-refractivity contribution in [2.75, 3.05) is 26.2 Å². The number of aliphatic hydroxyl groups excluding tert-OH is 1. The van der Waals surface area contributed by atoms with Gasteiger partial charge in [0.1, 0.15) is 0 Å². The molecule has 0 aromatic heterocycles. The van der Waals surface area contributed by atoms with Crippen LogP contribution in [0.1, 0.15) is 40.0 Å². The Morgan fingerprint density at radius 1 is 1.24 bits per heavy atom. The SMILES string of the molecule is Cc1ccc(C2CN(CC(O)c3ccc(C#N)cc3)CCO2)c(C)c1. The molecule has 0 bridgehead atoms. The van der Waals surface area contributed by atoms with Gasteiger partial charge in [-0.05, 0) is 42.7 Å². The Kier molecular flexibility index (Phi) is 5.50. The van der Waals surface area contributed by atoms with Gasteiger partial charge < -0.3 is 9.84 Å². The van der Waals surface area contributed by atoms with Crippen molar-refractivity contribution in [1.82, 2.24) is 4.90 Å². The second-order valence-electron chi connectivity index (χ2n) is 6.73. The molecule has 0 radical (unpaired) electrons. The molecule has 2 aromatic carbocycles. The normalized spacial score (nSPS) is 19.4. The number of nitrogens with zero attached hydrogens (tertiary/aromatic N) is 2. The van der Waals surface area contributed by atoms with Crippen molar-refractivity contribution in [2.45, 2.75) is 26.1 Å². The third-order valence-electron chi connectivity index (χ3n) is 4.78. The van der Waals surface area contributed by atoms with Crippen molar-refractivity contribution < 1.29 is 9.84 Å². The Morgan fingerprint density at radius 3 is 2.68 bits per heavy atom. The van der Waals surface area contributed by atoms with E-state index in [4.69, 9.17) is 10.00 Å². The van der Waals surface area contributed by atoms with Gasteiger partial charge in [0.25, 0.3) is 0 Å². The van der Waals surface area contributed by atoms with E-state index >= 15 is 0 Å². The third-order valence-corrected chi connectivity index (χ3v) is 4.78. The van der Waals surface area contributed by atoms with Gasteiger partial charge in [0.05, 0.1) is 30.4 Å². The highest BCUT2D eigenvalue weighted by Gasteiger charge is 2.25. The third kappa shape index (κ3) is 4.26. The molecule has 0 spiro atoms. The fraction of sp³-hybridized carbons (Fsp3) is 0.381. The highest BCUT2D eigenvalue weighted by molar-refractivity contribution is 5.33. The average Bonchev–Trinajstić information content (AvgIpc) is 2.62. The first-order valence-electron chi connectivity index (χ1n) is 8.66. The van der Waals surface area contributed by atoms with E-state index < -0.39 is 6.10 Å². The number of hydrogen-bond acceptors (Lipinski definition) is 4.